The quantitative estimate of drug-likeness (QED) is 0.727. The molecule has 0 aromatic heterocycles. The number of halogens is 1. The molecule has 2 heterocycles. The Hall–Kier alpha value is -1.50. The van der Waals surface area contributed by atoms with Gasteiger partial charge in [0.2, 0.25) is 11.8 Å². The zero-order valence-electron chi connectivity index (χ0n) is 12.5. The van der Waals surface area contributed by atoms with Gasteiger partial charge in [-0.05, 0) is 31.2 Å². The number of nitrogens with one attached hydrogen (secondary N) is 3. The van der Waals surface area contributed by atoms with E-state index in [2.05, 4.69) is 22.0 Å². The first-order chi connectivity index (χ1) is 11.1. The third-order valence-electron chi connectivity index (χ3n) is 3.80. The largest absolute Gasteiger partial charge is 0.352 e. The third kappa shape index (κ3) is 4.28. The topological polar surface area (TPSA) is 70.2 Å². The summed E-state index contributed by atoms with van der Waals surface area (Å²) in [6.45, 7) is 2.36. The molecule has 0 spiro atoms. The molecule has 1 unspecified atom stereocenters. The van der Waals surface area contributed by atoms with Crippen LogP contribution in [0.4, 0.5) is 5.69 Å². The molecule has 1 atom stereocenters. The second-order valence-electron chi connectivity index (χ2n) is 5.53. The van der Waals surface area contributed by atoms with E-state index in [9.17, 15) is 9.59 Å². The maximum atomic E-state index is 12.1. The average molecular weight is 352 g/mol. The Labute approximate surface area is 144 Å². The normalized spacial score (nSPS) is 20.3. The fourth-order valence-corrected chi connectivity index (χ4v) is 3.80. The van der Waals surface area contributed by atoms with Crippen molar-refractivity contribution in [3.8, 4) is 0 Å². The maximum Gasteiger partial charge on any atom is 0.238 e. The number of carbonyl (C=O) groups is 2. The second-order valence-corrected chi connectivity index (χ2v) is 7.21. The number of hydrogen-bond acceptors (Lipinski definition) is 4. The van der Waals surface area contributed by atoms with E-state index in [1.807, 2.05) is 6.07 Å². The average Bonchev–Trinajstić information content (AvgIpc) is 2.55. The Morgan fingerprint density at radius 1 is 1.43 bits per heavy atom. The molecule has 0 bridgehead atoms. The molecule has 23 heavy (non-hydrogen) atoms. The van der Waals surface area contributed by atoms with Gasteiger partial charge < -0.3 is 16.0 Å². The highest BCUT2D eigenvalue weighted by Crippen LogP contribution is 2.38. The number of hydrogen-bond donors (Lipinski definition) is 3. The number of fused-ring (bicyclic) bond motifs is 1. The summed E-state index contributed by atoms with van der Waals surface area (Å²) in [6.07, 6.45) is 3.23. The smallest absolute Gasteiger partial charge is 0.238 e. The number of anilines is 1. The standard InChI is InChI=1S/C16H18ClN3O2S/c17-11-1-2-13-12(7-11)20-16(22)14(23-13)8-15(21)19-9-10-3-5-18-6-4-10/h1-3,7,14,18H,4-6,8-9H2,(H,19,21)(H,20,22). The van der Waals surface area contributed by atoms with Crippen LogP contribution in [-0.2, 0) is 9.59 Å². The van der Waals surface area contributed by atoms with Crippen molar-refractivity contribution in [2.75, 3.05) is 25.0 Å². The van der Waals surface area contributed by atoms with Crippen LogP contribution in [0.25, 0.3) is 0 Å². The third-order valence-corrected chi connectivity index (χ3v) is 5.31. The fourth-order valence-electron chi connectivity index (χ4n) is 2.54. The lowest BCUT2D eigenvalue weighted by atomic mass is 10.1. The number of benzene rings is 1. The molecule has 7 heteroatoms. The van der Waals surface area contributed by atoms with Crippen LogP contribution in [-0.4, -0.2) is 36.7 Å². The molecule has 2 aliphatic rings. The predicted molar refractivity (Wildman–Crippen MR) is 92.9 cm³/mol. The van der Waals surface area contributed by atoms with Crippen LogP contribution in [0.5, 0.6) is 0 Å². The molecular formula is C16H18ClN3O2S. The highest BCUT2D eigenvalue weighted by Gasteiger charge is 2.29. The molecule has 2 aliphatic heterocycles. The van der Waals surface area contributed by atoms with Gasteiger partial charge >= 0.3 is 0 Å². The van der Waals surface area contributed by atoms with Gasteiger partial charge in [0.15, 0.2) is 0 Å². The highest BCUT2D eigenvalue weighted by molar-refractivity contribution is 8.01. The fraction of sp³-hybridized carbons (Fsp3) is 0.375. The summed E-state index contributed by atoms with van der Waals surface area (Å²) in [5.74, 6) is -0.254. The Morgan fingerprint density at radius 2 is 2.30 bits per heavy atom. The van der Waals surface area contributed by atoms with E-state index in [-0.39, 0.29) is 18.2 Å². The maximum absolute atomic E-state index is 12.1. The first kappa shape index (κ1) is 16.4. The molecule has 0 saturated carbocycles. The van der Waals surface area contributed by atoms with Gasteiger partial charge in [-0.15, -0.1) is 11.8 Å². The zero-order chi connectivity index (χ0) is 16.2. The lowest BCUT2D eigenvalue weighted by Gasteiger charge is -2.24. The summed E-state index contributed by atoms with van der Waals surface area (Å²) in [4.78, 5) is 25.2. The van der Waals surface area contributed by atoms with Crippen molar-refractivity contribution in [3.63, 3.8) is 0 Å². The first-order valence-corrected chi connectivity index (χ1v) is 8.80. The van der Waals surface area contributed by atoms with E-state index in [4.69, 9.17) is 11.6 Å². The SMILES string of the molecule is O=C(CC1Sc2ccc(Cl)cc2NC1=O)NCC1=CCNCC1. The van der Waals surface area contributed by atoms with E-state index in [0.29, 0.717) is 17.3 Å². The van der Waals surface area contributed by atoms with Crippen molar-refractivity contribution in [2.24, 2.45) is 0 Å². The van der Waals surface area contributed by atoms with E-state index in [0.717, 1.165) is 24.4 Å². The lowest BCUT2D eigenvalue weighted by Crippen LogP contribution is -2.36. The molecule has 2 amide bonds. The van der Waals surface area contributed by atoms with Gasteiger partial charge in [-0.2, -0.15) is 0 Å². The molecule has 3 N–H and O–H groups in total. The van der Waals surface area contributed by atoms with Gasteiger partial charge in [0, 0.05) is 29.4 Å². The van der Waals surface area contributed by atoms with E-state index < -0.39 is 5.25 Å². The van der Waals surface area contributed by atoms with Gasteiger partial charge in [-0.1, -0.05) is 23.3 Å². The Morgan fingerprint density at radius 3 is 3.09 bits per heavy atom. The van der Waals surface area contributed by atoms with Crippen molar-refractivity contribution in [2.45, 2.75) is 23.0 Å². The minimum absolute atomic E-state index is 0.102. The summed E-state index contributed by atoms with van der Waals surface area (Å²) in [5, 5.41) is 9.12. The molecule has 1 aromatic carbocycles. The van der Waals surface area contributed by atoms with Gasteiger partial charge in [-0.25, -0.2) is 0 Å². The molecule has 5 nitrogen and oxygen atoms in total. The molecule has 3 rings (SSSR count). The predicted octanol–water partition coefficient (Wildman–Crippen LogP) is 2.18. The molecule has 0 fully saturated rings. The van der Waals surface area contributed by atoms with Crippen LogP contribution in [0, 0.1) is 0 Å². The summed E-state index contributed by atoms with van der Waals surface area (Å²) in [7, 11) is 0. The van der Waals surface area contributed by atoms with E-state index in [1.54, 1.807) is 12.1 Å². The van der Waals surface area contributed by atoms with Gasteiger partial charge in [-0.3, -0.25) is 9.59 Å². The van der Waals surface area contributed by atoms with Crippen LogP contribution < -0.4 is 16.0 Å². The van der Waals surface area contributed by atoms with Crippen molar-refractivity contribution in [3.05, 3.63) is 34.9 Å². The Bertz CT molecular complexity index is 663. The zero-order valence-corrected chi connectivity index (χ0v) is 14.1. The van der Waals surface area contributed by atoms with E-state index in [1.165, 1.54) is 17.3 Å². The monoisotopic (exact) mass is 351 g/mol. The highest BCUT2D eigenvalue weighted by atomic mass is 35.5. The first-order valence-electron chi connectivity index (χ1n) is 7.54. The van der Waals surface area contributed by atoms with E-state index >= 15 is 0 Å². The number of amides is 2. The summed E-state index contributed by atoms with van der Waals surface area (Å²) >= 11 is 7.33. The van der Waals surface area contributed by atoms with Crippen LogP contribution >= 0.6 is 23.4 Å². The molecule has 0 radical (unpaired) electrons. The summed E-state index contributed by atoms with van der Waals surface area (Å²) in [5.41, 5.74) is 1.95. The van der Waals surface area contributed by atoms with Crippen LogP contribution in [0.2, 0.25) is 5.02 Å². The Kier molecular flexibility index (Phi) is 5.25. The van der Waals surface area contributed by atoms with Crippen molar-refractivity contribution >= 4 is 40.9 Å². The van der Waals surface area contributed by atoms with Crippen LogP contribution in [0.15, 0.2) is 34.7 Å². The number of carbonyl (C=O) groups excluding carboxylic acids is 2. The minimum atomic E-state index is -0.411. The Balaban J connectivity index is 1.55. The lowest BCUT2D eigenvalue weighted by molar-refractivity contribution is -0.123. The van der Waals surface area contributed by atoms with Gasteiger partial charge in [0.1, 0.15) is 0 Å². The van der Waals surface area contributed by atoms with Crippen LogP contribution in [0.3, 0.4) is 0 Å². The summed E-state index contributed by atoms with van der Waals surface area (Å²) < 4.78 is 0. The minimum Gasteiger partial charge on any atom is -0.352 e. The number of rotatable bonds is 4. The van der Waals surface area contributed by atoms with Crippen molar-refractivity contribution in [1.29, 1.82) is 0 Å². The van der Waals surface area contributed by atoms with Crippen molar-refractivity contribution in [1.82, 2.24) is 10.6 Å². The summed E-state index contributed by atoms with van der Waals surface area (Å²) in [6, 6.07) is 5.37. The van der Waals surface area contributed by atoms with Gasteiger partial charge in [0.25, 0.3) is 0 Å². The molecule has 0 saturated heterocycles. The molecule has 1 aromatic rings. The van der Waals surface area contributed by atoms with Crippen molar-refractivity contribution < 1.29 is 9.59 Å². The molecular weight excluding hydrogens is 334 g/mol. The molecule has 122 valence electrons. The van der Waals surface area contributed by atoms with Gasteiger partial charge in [0.05, 0.1) is 10.9 Å². The van der Waals surface area contributed by atoms with Crippen LogP contribution in [0.1, 0.15) is 12.8 Å². The molecule has 0 aliphatic carbocycles. The number of thioether (sulfide) groups is 1. The second kappa shape index (κ2) is 7.38.